The highest BCUT2D eigenvalue weighted by molar-refractivity contribution is 8.01. The van der Waals surface area contributed by atoms with E-state index in [9.17, 15) is 4.79 Å². The zero-order valence-corrected chi connectivity index (χ0v) is 19.9. The SMILES string of the molecule is O=C(CSc1nnc(NCCc2ccccc2)s1)N1CCC[C@H]1c1ccc2c(c1)OCCO2. The molecule has 0 unspecified atom stereocenters. The maximum absolute atomic E-state index is 13.0. The van der Waals surface area contributed by atoms with Gasteiger partial charge in [0, 0.05) is 13.1 Å². The van der Waals surface area contributed by atoms with Gasteiger partial charge in [-0.3, -0.25) is 4.79 Å². The molecule has 2 aliphatic heterocycles. The van der Waals surface area contributed by atoms with E-state index >= 15 is 0 Å². The first-order chi connectivity index (χ1) is 16.3. The van der Waals surface area contributed by atoms with Crippen LogP contribution >= 0.6 is 23.1 Å². The van der Waals surface area contributed by atoms with Crippen LogP contribution in [-0.2, 0) is 11.2 Å². The highest BCUT2D eigenvalue weighted by atomic mass is 32.2. The van der Waals surface area contributed by atoms with Crippen LogP contribution in [0.15, 0.2) is 52.9 Å². The summed E-state index contributed by atoms with van der Waals surface area (Å²) < 4.78 is 12.2. The van der Waals surface area contributed by atoms with Crippen molar-refractivity contribution in [1.29, 1.82) is 0 Å². The van der Waals surface area contributed by atoms with E-state index < -0.39 is 0 Å². The number of thioether (sulfide) groups is 1. The first kappa shape index (κ1) is 22.0. The summed E-state index contributed by atoms with van der Waals surface area (Å²) in [6.45, 7) is 2.72. The number of nitrogens with one attached hydrogen (secondary N) is 1. The van der Waals surface area contributed by atoms with Crippen molar-refractivity contribution in [2.75, 3.05) is 37.4 Å². The normalized spacial score (nSPS) is 17.2. The summed E-state index contributed by atoms with van der Waals surface area (Å²) in [5, 5.41) is 12.6. The number of fused-ring (bicyclic) bond motifs is 1. The fourth-order valence-electron chi connectivity index (χ4n) is 4.18. The van der Waals surface area contributed by atoms with Gasteiger partial charge in [-0.2, -0.15) is 0 Å². The highest BCUT2D eigenvalue weighted by Gasteiger charge is 2.31. The smallest absolute Gasteiger partial charge is 0.233 e. The summed E-state index contributed by atoms with van der Waals surface area (Å²) in [6, 6.07) is 16.5. The topological polar surface area (TPSA) is 76.6 Å². The van der Waals surface area contributed by atoms with Gasteiger partial charge in [-0.05, 0) is 42.5 Å². The predicted molar refractivity (Wildman–Crippen MR) is 130 cm³/mol. The van der Waals surface area contributed by atoms with Crippen LogP contribution in [0.5, 0.6) is 11.5 Å². The summed E-state index contributed by atoms with van der Waals surface area (Å²) >= 11 is 2.95. The van der Waals surface area contributed by atoms with Crippen molar-refractivity contribution in [3.05, 3.63) is 59.7 Å². The molecule has 2 aliphatic rings. The molecule has 1 N–H and O–H groups in total. The summed E-state index contributed by atoms with van der Waals surface area (Å²) in [5.74, 6) is 2.04. The van der Waals surface area contributed by atoms with Crippen LogP contribution in [0, 0.1) is 0 Å². The third kappa shape index (κ3) is 5.42. The van der Waals surface area contributed by atoms with Crippen LogP contribution in [0.25, 0.3) is 0 Å². The zero-order valence-electron chi connectivity index (χ0n) is 18.2. The second kappa shape index (κ2) is 10.4. The number of nitrogens with zero attached hydrogens (tertiary/aromatic N) is 3. The molecule has 1 aromatic heterocycles. The third-order valence-corrected chi connectivity index (χ3v) is 7.78. The molecule has 0 aliphatic carbocycles. The molecule has 2 aromatic carbocycles. The lowest BCUT2D eigenvalue weighted by molar-refractivity contribution is -0.129. The lowest BCUT2D eigenvalue weighted by Crippen LogP contribution is -2.32. The minimum atomic E-state index is 0.0820. The van der Waals surface area contributed by atoms with Crippen molar-refractivity contribution in [3.63, 3.8) is 0 Å². The third-order valence-electron chi connectivity index (χ3n) is 5.78. The van der Waals surface area contributed by atoms with Gasteiger partial charge < -0.3 is 19.7 Å². The number of aromatic nitrogens is 2. The van der Waals surface area contributed by atoms with E-state index in [-0.39, 0.29) is 11.9 Å². The van der Waals surface area contributed by atoms with Gasteiger partial charge in [0.2, 0.25) is 11.0 Å². The van der Waals surface area contributed by atoms with Crippen molar-refractivity contribution in [2.24, 2.45) is 0 Å². The van der Waals surface area contributed by atoms with E-state index in [1.54, 1.807) is 0 Å². The summed E-state index contributed by atoms with van der Waals surface area (Å²) in [5.41, 5.74) is 2.39. The fraction of sp³-hybridized carbons (Fsp3) is 0.375. The molecule has 0 saturated carbocycles. The number of anilines is 1. The van der Waals surface area contributed by atoms with Crippen molar-refractivity contribution in [2.45, 2.75) is 29.6 Å². The minimum Gasteiger partial charge on any atom is -0.486 e. The van der Waals surface area contributed by atoms with Crippen LogP contribution in [0.4, 0.5) is 5.13 Å². The van der Waals surface area contributed by atoms with Crippen LogP contribution in [0.2, 0.25) is 0 Å². The van der Waals surface area contributed by atoms with E-state index in [1.165, 1.54) is 28.7 Å². The van der Waals surface area contributed by atoms with Gasteiger partial charge in [0.15, 0.2) is 15.8 Å². The van der Waals surface area contributed by atoms with Crippen LogP contribution in [-0.4, -0.2) is 53.1 Å². The number of amides is 1. The molecular formula is C24H26N4O3S2. The lowest BCUT2D eigenvalue weighted by atomic mass is 10.0. The minimum absolute atomic E-state index is 0.0820. The maximum atomic E-state index is 13.0. The number of carbonyl (C=O) groups is 1. The summed E-state index contributed by atoms with van der Waals surface area (Å²) in [6.07, 6.45) is 2.89. The Hall–Kier alpha value is -2.78. The van der Waals surface area contributed by atoms with Crippen molar-refractivity contribution >= 4 is 34.1 Å². The van der Waals surface area contributed by atoms with Gasteiger partial charge in [0.1, 0.15) is 13.2 Å². The number of carbonyl (C=O) groups excluding carboxylic acids is 1. The van der Waals surface area contributed by atoms with Crippen LogP contribution in [0.1, 0.15) is 30.0 Å². The Labute approximate surface area is 201 Å². The Kier molecular flexibility index (Phi) is 6.97. The van der Waals surface area contributed by atoms with Crippen molar-refractivity contribution < 1.29 is 14.3 Å². The highest BCUT2D eigenvalue weighted by Crippen LogP contribution is 2.38. The molecule has 5 rings (SSSR count). The second-order valence-corrected chi connectivity index (χ2v) is 10.2. The molecule has 3 heterocycles. The molecule has 0 spiro atoms. The molecule has 3 aromatic rings. The molecule has 1 saturated heterocycles. The Morgan fingerprint density at radius 1 is 1.12 bits per heavy atom. The number of likely N-dealkylation sites (tertiary alicyclic amines) is 1. The molecule has 0 radical (unpaired) electrons. The van der Waals surface area contributed by atoms with Gasteiger partial charge in [0.25, 0.3) is 0 Å². The van der Waals surface area contributed by atoms with Gasteiger partial charge in [-0.15, -0.1) is 10.2 Å². The predicted octanol–water partition coefficient (Wildman–Crippen LogP) is 4.42. The fourth-order valence-corrected chi connectivity index (χ4v) is 5.85. The molecule has 0 bridgehead atoms. The number of hydrogen-bond acceptors (Lipinski definition) is 8. The van der Waals surface area contributed by atoms with Gasteiger partial charge >= 0.3 is 0 Å². The monoisotopic (exact) mass is 482 g/mol. The number of rotatable bonds is 8. The maximum Gasteiger partial charge on any atom is 0.233 e. The average molecular weight is 483 g/mol. The van der Waals surface area contributed by atoms with E-state index in [4.69, 9.17) is 9.47 Å². The van der Waals surface area contributed by atoms with Crippen molar-refractivity contribution in [3.8, 4) is 11.5 Å². The quantitative estimate of drug-likeness (QED) is 0.476. The van der Waals surface area contributed by atoms with Gasteiger partial charge in [-0.1, -0.05) is 59.5 Å². The molecule has 1 amide bonds. The van der Waals surface area contributed by atoms with E-state index in [0.29, 0.717) is 19.0 Å². The van der Waals surface area contributed by atoms with Crippen LogP contribution < -0.4 is 14.8 Å². The number of hydrogen-bond donors (Lipinski definition) is 1. The molecular weight excluding hydrogens is 456 g/mol. The van der Waals surface area contributed by atoms with E-state index in [1.807, 2.05) is 35.2 Å². The van der Waals surface area contributed by atoms with Crippen LogP contribution in [0.3, 0.4) is 0 Å². The Morgan fingerprint density at radius 2 is 1.97 bits per heavy atom. The first-order valence-electron chi connectivity index (χ1n) is 11.2. The van der Waals surface area contributed by atoms with E-state index in [0.717, 1.165) is 58.9 Å². The second-order valence-electron chi connectivity index (χ2n) is 7.97. The Morgan fingerprint density at radius 3 is 2.85 bits per heavy atom. The zero-order chi connectivity index (χ0) is 22.5. The number of benzene rings is 2. The van der Waals surface area contributed by atoms with Gasteiger partial charge in [-0.25, -0.2) is 0 Å². The molecule has 9 heteroatoms. The average Bonchev–Trinajstić information content (AvgIpc) is 3.53. The molecule has 1 fully saturated rings. The van der Waals surface area contributed by atoms with E-state index in [2.05, 4.69) is 33.7 Å². The molecule has 33 heavy (non-hydrogen) atoms. The van der Waals surface area contributed by atoms with Crippen molar-refractivity contribution in [1.82, 2.24) is 15.1 Å². The Balaban J connectivity index is 1.13. The summed E-state index contributed by atoms with van der Waals surface area (Å²) in [4.78, 5) is 15.0. The number of ether oxygens (including phenoxy) is 2. The largest absolute Gasteiger partial charge is 0.486 e. The molecule has 1 atom stereocenters. The summed E-state index contributed by atoms with van der Waals surface area (Å²) in [7, 11) is 0. The molecule has 172 valence electrons. The Bertz CT molecular complexity index is 1090. The lowest BCUT2D eigenvalue weighted by Gasteiger charge is -2.26. The first-order valence-corrected chi connectivity index (χ1v) is 13.0. The molecule has 7 nitrogen and oxygen atoms in total. The standard InChI is InChI=1S/C24H26N4O3S2/c29-22(16-32-24-27-26-23(33-24)25-11-10-17-5-2-1-3-6-17)28-12-4-7-19(28)18-8-9-20-21(15-18)31-14-13-30-20/h1-3,5-6,8-9,15,19H,4,7,10-14,16H2,(H,25,26)/t19-/m0/s1. The van der Waals surface area contributed by atoms with Gasteiger partial charge in [0.05, 0.1) is 11.8 Å².